The molecular formula is C22H28O3. The van der Waals surface area contributed by atoms with Crippen molar-refractivity contribution >= 4 is 5.97 Å². The van der Waals surface area contributed by atoms with Gasteiger partial charge in [0.25, 0.3) is 0 Å². The first-order valence-corrected chi connectivity index (χ1v) is 9.39. The van der Waals surface area contributed by atoms with E-state index in [0.717, 1.165) is 24.8 Å². The summed E-state index contributed by atoms with van der Waals surface area (Å²) in [6, 6.07) is 9.20. The van der Waals surface area contributed by atoms with Gasteiger partial charge >= 0.3 is 5.97 Å². The van der Waals surface area contributed by atoms with E-state index in [9.17, 15) is 9.90 Å². The molecular weight excluding hydrogens is 312 g/mol. The quantitative estimate of drug-likeness (QED) is 0.648. The van der Waals surface area contributed by atoms with Crippen molar-refractivity contribution in [3.63, 3.8) is 0 Å². The third-order valence-electron chi connectivity index (χ3n) is 7.15. The van der Waals surface area contributed by atoms with Gasteiger partial charge in [0.15, 0.2) is 0 Å². The van der Waals surface area contributed by atoms with E-state index >= 15 is 0 Å². The summed E-state index contributed by atoms with van der Waals surface area (Å²) in [5.74, 6) is 1.03. The van der Waals surface area contributed by atoms with Crippen LogP contribution in [0.5, 0.6) is 0 Å². The van der Waals surface area contributed by atoms with Crippen molar-refractivity contribution in [3.8, 4) is 0 Å². The van der Waals surface area contributed by atoms with E-state index < -0.39 is 5.60 Å². The molecule has 3 aliphatic rings. The van der Waals surface area contributed by atoms with Crippen LogP contribution in [0.1, 0.15) is 50.4 Å². The van der Waals surface area contributed by atoms with Gasteiger partial charge < -0.3 is 9.84 Å². The maximum absolute atomic E-state index is 12.6. The van der Waals surface area contributed by atoms with Crippen LogP contribution in [0, 0.1) is 29.1 Å². The zero-order chi connectivity index (χ0) is 18.0. The third kappa shape index (κ3) is 2.55. The molecule has 3 fully saturated rings. The van der Waals surface area contributed by atoms with Crippen molar-refractivity contribution in [1.82, 2.24) is 0 Å². The Morgan fingerprint density at radius 2 is 1.84 bits per heavy atom. The van der Waals surface area contributed by atoms with E-state index in [2.05, 4.69) is 20.4 Å². The second-order valence-corrected chi connectivity index (χ2v) is 9.07. The first-order valence-electron chi connectivity index (χ1n) is 9.39. The second-order valence-electron chi connectivity index (χ2n) is 9.07. The number of esters is 1. The Morgan fingerprint density at radius 3 is 2.52 bits per heavy atom. The largest absolute Gasteiger partial charge is 0.458 e. The van der Waals surface area contributed by atoms with Gasteiger partial charge in [0, 0.05) is 12.3 Å². The van der Waals surface area contributed by atoms with E-state index in [1.807, 2.05) is 25.1 Å². The molecule has 4 rings (SSSR count). The number of benzene rings is 1. The minimum Gasteiger partial charge on any atom is -0.458 e. The fraction of sp³-hybridized carbons (Fsp3) is 0.591. The molecule has 0 spiro atoms. The average Bonchev–Trinajstić information content (AvgIpc) is 3.01. The number of ether oxygens (including phenoxy) is 1. The van der Waals surface area contributed by atoms with Crippen molar-refractivity contribution in [2.45, 2.75) is 51.7 Å². The zero-order valence-electron chi connectivity index (χ0n) is 15.4. The van der Waals surface area contributed by atoms with Crippen molar-refractivity contribution in [2.24, 2.45) is 29.1 Å². The van der Waals surface area contributed by atoms with E-state index in [4.69, 9.17) is 4.74 Å². The minimum absolute atomic E-state index is 0.0968. The fourth-order valence-electron chi connectivity index (χ4n) is 5.87. The first kappa shape index (κ1) is 16.8. The summed E-state index contributed by atoms with van der Waals surface area (Å²) < 4.78 is 5.97. The molecule has 1 aromatic rings. The zero-order valence-corrected chi connectivity index (χ0v) is 15.4. The molecule has 3 saturated carbocycles. The first-order chi connectivity index (χ1) is 11.7. The summed E-state index contributed by atoms with van der Waals surface area (Å²) in [6.07, 6.45) is 2.42. The molecule has 0 aromatic heterocycles. The van der Waals surface area contributed by atoms with Gasteiger partial charge in [-0.3, -0.25) is 0 Å². The number of carbonyl (C=O) groups excluding carboxylic acids is 1. The lowest BCUT2D eigenvalue weighted by molar-refractivity contribution is -0.00296. The van der Waals surface area contributed by atoms with Crippen LogP contribution in [0.2, 0.25) is 0 Å². The Bertz CT molecular complexity index is 703. The average molecular weight is 340 g/mol. The SMILES string of the molecule is C=C1C[C@H](OC(=O)c2ccccc2)[C@H]2[C@@H]([C@@H]3[C@@H]1CC[C@]3(C)O)C2(C)C. The number of hydrogen-bond acceptors (Lipinski definition) is 3. The molecule has 0 amide bonds. The Hall–Kier alpha value is -1.61. The number of carbonyl (C=O) groups is 1. The van der Waals surface area contributed by atoms with Crippen LogP contribution < -0.4 is 0 Å². The number of rotatable bonds is 2. The summed E-state index contributed by atoms with van der Waals surface area (Å²) in [5, 5.41) is 11.0. The van der Waals surface area contributed by atoms with Gasteiger partial charge in [0.1, 0.15) is 6.10 Å². The molecule has 0 saturated heterocycles. The summed E-state index contributed by atoms with van der Waals surface area (Å²) in [7, 11) is 0. The molecule has 3 heteroatoms. The lowest BCUT2D eigenvalue weighted by atomic mass is 9.77. The number of fused-ring (bicyclic) bond motifs is 3. The molecule has 0 unspecified atom stereocenters. The maximum Gasteiger partial charge on any atom is 0.338 e. The molecule has 0 aliphatic heterocycles. The topological polar surface area (TPSA) is 46.5 Å². The molecule has 0 bridgehead atoms. The second kappa shape index (κ2) is 5.44. The van der Waals surface area contributed by atoms with Crippen LogP contribution in [0.15, 0.2) is 42.5 Å². The van der Waals surface area contributed by atoms with Crippen LogP contribution >= 0.6 is 0 Å². The Balaban J connectivity index is 1.61. The van der Waals surface area contributed by atoms with E-state index in [0.29, 0.717) is 23.3 Å². The van der Waals surface area contributed by atoms with Crippen LogP contribution in [0.3, 0.4) is 0 Å². The van der Waals surface area contributed by atoms with E-state index in [1.54, 1.807) is 12.1 Å². The normalized spacial score (nSPS) is 41.4. The summed E-state index contributed by atoms with van der Waals surface area (Å²) in [4.78, 5) is 12.6. The molecule has 6 atom stereocenters. The van der Waals surface area contributed by atoms with Gasteiger partial charge in [-0.15, -0.1) is 0 Å². The molecule has 3 nitrogen and oxygen atoms in total. The lowest BCUT2D eigenvalue weighted by Crippen LogP contribution is -2.34. The van der Waals surface area contributed by atoms with Gasteiger partial charge in [-0.05, 0) is 55.1 Å². The summed E-state index contributed by atoms with van der Waals surface area (Å²) >= 11 is 0. The predicted octanol–water partition coefficient (Wildman–Crippen LogP) is 4.22. The van der Waals surface area contributed by atoms with Crippen molar-refractivity contribution in [1.29, 1.82) is 0 Å². The molecule has 3 aliphatic carbocycles. The Kier molecular flexibility index (Phi) is 3.66. The highest BCUT2D eigenvalue weighted by Gasteiger charge is 2.70. The van der Waals surface area contributed by atoms with Crippen molar-refractivity contribution < 1.29 is 14.6 Å². The third-order valence-corrected chi connectivity index (χ3v) is 7.15. The van der Waals surface area contributed by atoms with Gasteiger partial charge in [0.2, 0.25) is 0 Å². The van der Waals surface area contributed by atoms with Crippen LogP contribution in [-0.2, 0) is 4.74 Å². The van der Waals surface area contributed by atoms with E-state index in [1.165, 1.54) is 0 Å². The highest BCUT2D eigenvalue weighted by molar-refractivity contribution is 5.89. The highest BCUT2D eigenvalue weighted by Crippen LogP contribution is 2.71. The Morgan fingerprint density at radius 1 is 1.16 bits per heavy atom. The number of aliphatic hydroxyl groups is 1. The maximum atomic E-state index is 12.6. The van der Waals surface area contributed by atoms with Crippen LogP contribution in [0.25, 0.3) is 0 Å². The smallest absolute Gasteiger partial charge is 0.338 e. The Labute approximate surface area is 150 Å². The van der Waals surface area contributed by atoms with Gasteiger partial charge in [-0.2, -0.15) is 0 Å². The van der Waals surface area contributed by atoms with Crippen molar-refractivity contribution in [2.75, 3.05) is 0 Å². The van der Waals surface area contributed by atoms with Gasteiger partial charge in [0.05, 0.1) is 11.2 Å². The predicted molar refractivity (Wildman–Crippen MR) is 97.0 cm³/mol. The number of hydrogen-bond donors (Lipinski definition) is 1. The standard InChI is InChI=1S/C22H28O3/c1-13-12-16(25-20(23)14-8-6-5-7-9-14)18-19(21(18,2)3)17-15(13)10-11-22(17,4)24/h5-9,15-19,24H,1,10-12H2,2-4H3/t15-,16+,17+,18+,19-,22+/m1/s1. The molecule has 25 heavy (non-hydrogen) atoms. The van der Waals surface area contributed by atoms with Crippen LogP contribution in [-0.4, -0.2) is 22.8 Å². The monoisotopic (exact) mass is 340 g/mol. The van der Waals surface area contributed by atoms with Crippen LogP contribution in [0.4, 0.5) is 0 Å². The highest BCUT2D eigenvalue weighted by atomic mass is 16.5. The molecule has 1 aromatic carbocycles. The van der Waals surface area contributed by atoms with Gasteiger partial charge in [-0.25, -0.2) is 4.79 Å². The molecule has 0 heterocycles. The summed E-state index contributed by atoms with van der Waals surface area (Å²) in [6.45, 7) is 10.8. The molecule has 0 radical (unpaired) electrons. The van der Waals surface area contributed by atoms with E-state index in [-0.39, 0.29) is 23.4 Å². The lowest BCUT2D eigenvalue weighted by Gasteiger charge is -2.31. The minimum atomic E-state index is -0.636. The van der Waals surface area contributed by atoms with Crippen molar-refractivity contribution in [3.05, 3.63) is 48.0 Å². The fourth-order valence-corrected chi connectivity index (χ4v) is 5.87. The molecule has 134 valence electrons. The summed E-state index contributed by atoms with van der Waals surface area (Å²) in [5.41, 5.74) is 1.21. The molecule has 1 N–H and O–H groups in total. The van der Waals surface area contributed by atoms with Gasteiger partial charge in [-0.1, -0.05) is 44.2 Å².